The zero-order chi connectivity index (χ0) is 7.90. The lowest BCUT2D eigenvalue weighted by Gasteiger charge is -2.52. The molecule has 0 unspecified atom stereocenters. The molecule has 0 aromatic heterocycles. The van der Waals surface area contributed by atoms with Crippen molar-refractivity contribution in [1.29, 1.82) is 0 Å². The van der Waals surface area contributed by atoms with E-state index in [1.165, 1.54) is 25.7 Å². The van der Waals surface area contributed by atoms with Crippen LogP contribution in [0.4, 0.5) is 0 Å². The van der Waals surface area contributed by atoms with Crippen molar-refractivity contribution in [2.24, 2.45) is 5.41 Å². The van der Waals surface area contributed by atoms with Gasteiger partial charge in [-0.2, -0.15) is 0 Å². The molecule has 60 valence electrons. The third kappa shape index (κ3) is 1.59. The third-order valence-electron chi connectivity index (χ3n) is 3.05. The predicted octanol–water partition coefficient (Wildman–Crippen LogP) is 1.75. The molecule has 1 saturated heterocycles. The van der Waals surface area contributed by atoms with Crippen LogP contribution in [0.25, 0.3) is 0 Å². The summed E-state index contributed by atoms with van der Waals surface area (Å²) in [5, 5.41) is 0. The molecule has 1 aliphatic carbocycles. The highest BCUT2D eigenvalue weighted by Gasteiger charge is 2.42. The molecule has 1 nitrogen and oxygen atoms in total. The predicted molar refractivity (Wildman–Crippen MR) is 56.0 cm³/mol. The van der Waals surface area contributed by atoms with Gasteiger partial charge in [-0.1, -0.05) is 22.6 Å². The molecule has 2 aliphatic rings. The van der Waals surface area contributed by atoms with Gasteiger partial charge in [0.05, 0.1) is 0 Å². The Bertz CT molecular complexity index is 146. The minimum absolute atomic E-state index is 0.649. The topological polar surface area (TPSA) is 3.24 Å². The van der Waals surface area contributed by atoms with Gasteiger partial charge in [0, 0.05) is 3.92 Å². The van der Waals surface area contributed by atoms with Gasteiger partial charge in [-0.15, -0.1) is 0 Å². The lowest BCUT2D eigenvalue weighted by Crippen LogP contribution is -2.56. The number of hydrogen-bond donors (Lipinski definition) is 0. The Morgan fingerprint density at radius 3 is 2.27 bits per heavy atom. The second kappa shape index (κ2) is 2.91. The molecule has 0 aromatic carbocycles. The summed E-state index contributed by atoms with van der Waals surface area (Å²) in [6, 6.07) is 0. The molecule has 0 aromatic rings. The summed E-state index contributed by atoms with van der Waals surface area (Å²) in [4.78, 5) is 1.95. The van der Waals surface area contributed by atoms with E-state index in [0.29, 0.717) is 5.41 Å². The molecular formula is C8H13BIN. The summed E-state index contributed by atoms with van der Waals surface area (Å²) in [6.45, 7) is 2.30. The molecular weight excluding hydrogens is 248 g/mol. The molecule has 1 heterocycles. The first-order chi connectivity index (χ1) is 5.20. The van der Waals surface area contributed by atoms with Gasteiger partial charge in [0.25, 0.3) is 0 Å². The third-order valence-corrected chi connectivity index (χ3v) is 4.30. The summed E-state index contributed by atoms with van der Waals surface area (Å²) in [6.07, 6.45) is 5.64. The Hall–Kier alpha value is 0.755. The first-order valence-corrected chi connectivity index (χ1v) is 5.59. The van der Waals surface area contributed by atoms with E-state index in [1.807, 2.05) is 4.81 Å². The van der Waals surface area contributed by atoms with Crippen LogP contribution in [-0.2, 0) is 0 Å². The van der Waals surface area contributed by atoms with E-state index in [9.17, 15) is 0 Å². The van der Waals surface area contributed by atoms with Crippen molar-refractivity contribution in [1.82, 2.24) is 4.81 Å². The maximum Gasteiger partial charge on any atom is 0.182 e. The zero-order valence-corrected chi connectivity index (χ0v) is 8.88. The molecule has 0 bridgehead atoms. The number of hydrogen-bond acceptors (Lipinski definition) is 1. The lowest BCUT2D eigenvalue weighted by atomic mass is 9.67. The van der Waals surface area contributed by atoms with E-state index < -0.39 is 0 Å². The van der Waals surface area contributed by atoms with Crippen molar-refractivity contribution >= 4 is 30.6 Å². The van der Waals surface area contributed by atoms with Gasteiger partial charge in [0.1, 0.15) is 0 Å². The van der Waals surface area contributed by atoms with Crippen LogP contribution in [0.1, 0.15) is 25.7 Å². The fourth-order valence-corrected chi connectivity index (χ4v) is 2.95. The maximum atomic E-state index is 5.65. The second-order valence-electron chi connectivity index (χ2n) is 4.08. The molecule has 0 atom stereocenters. The molecule has 2 fully saturated rings. The van der Waals surface area contributed by atoms with Crippen LogP contribution in [0.5, 0.6) is 0 Å². The van der Waals surface area contributed by atoms with Gasteiger partial charge >= 0.3 is 0 Å². The summed E-state index contributed by atoms with van der Waals surface area (Å²) < 4.78 is 0.935. The normalized spacial score (nSPS) is 32.1. The smallest absolute Gasteiger partial charge is 0.182 e. The summed E-state index contributed by atoms with van der Waals surface area (Å²) in [7, 11) is 5.65. The molecule has 1 saturated carbocycles. The fraction of sp³-hybridized carbons (Fsp3) is 1.00. The van der Waals surface area contributed by atoms with Crippen molar-refractivity contribution < 1.29 is 0 Å². The van der Waals surface area contributed by atoms with Crippen LogP contribution in [0.3, 0.4) is 0 Å². The van der Waals surface area contributed by atoms with Gasteiger partial charge in [0.15, 0.2) is 7.98 Å². The van der Waals surface area contributed by atoms with E-state index in [-0.39, 0.29) is 0 Å². The zero-order valence-electron chi connectivity index (χ0n) is 6.72. The minimum atomic E-state index is 0.649. The Balaban J connectivity index is 1.88. The summed E-state index contributed by atoms with van der Waals surface area (Å²) in [5.41, 5.74) is 0.649. The summed E-state index contributed by atoms with van der Waals surface area (Å²) >= 11 is 2.57. The maximum absolute atomic E-state index is 5.65. The average Bonchev–Trinajstić information content (AvgIpc) is 1.92. The van der Waals surface area contributed by atoms with E-state index in [1.54, 1.807) is 0 Å². The quantitative estimate of drug-likeness (QED) is 0.365. The van der Waals surface area contributed by atoms with E-state index >= 15 is 0 Å². The van der Waals surface area contributed by atoms with Crippen LogP contribution < -0.4 is 0 Å². The van der Waals surface area contributed by atoms with E-state index in [4.69, 9.17) is 7.98 Å². The number of halogens is 1. The van der Waals surface area contributed by atoms with Crippen LogP contribution in [0.15, 0.2) is 0 Å². The summed E-state index contributed by atoms with van der Waals surface area (Å²) in [5.74, 6) is 0. The van der Waals surface area contributed by atoms with E-state index in [2.05, 4.69) is 22.6 Å². The highest BCUT2D eigenvalue weighted by Crippen LogP contribution is 2.44. The van der Waals surface area contributed by atoms with Gasteiger partial charge in [0.2, 0.25) is 0 Å². The van der Waals surface area contributed by atoms with Crippen LogP contribution in [0, 0.1) is 5.41 Å². The van der Waals surface area contributed by atoms with Crippen molar-refractivity contribution in [3.8, 4) is 0 Å². The molecule has 2 rings (SSSR count). The Labute approximate surface area is 83.5 Å². The molecule has 3 heteroatoms. The first kappa shape index (κ1) is 8.36. The first-order valence-electron chi connectivity index (χ1n) is 4.34. The molecule has 11 heavy (non-hydrogen) atoms. The Kier molecular flexibility index (Phi) is 2.21. The number of alkyl halides is 1. The van der Waals surface area contributed by atoms with Crippen LogP contribution in [0.2, 0.25) is 0 Å². The Morgan fingerprint density at radius 1 is 1.27 bits per heavy atom. The fourth-order valence-electron chi connectivity index (χ4n) is 2.33. The average molecular weight is 261 g/mol. The highest BCUT2D eigenvalue weighted by atomic mass is 127. The minimum Gasteiger partial charge on any atom is -0.352 e. The van der Waals surface area contributed by atoms with Gasteiger partial charge in [-0.25, -0.2) is 0 Å². The number of rotatable bonds is 0. The molecule has 1 aliphatic heterocycles. The molecule has 0 N–H and O–H groups in total. The van der Waals surface area contributed by atoms with Crippen molar-refractivity contribution in [2.75, 3.05) is 13.1 Å². The number of nitrogens with zero attached hydrogens (tertiary/aromatic N) is 1. The standard InChI is InChI=1S/C8H13BIN/c9-11-5-8(6-11)3-1-7(10)2-4-8/h7H,1-6H2. The molecule has 1 spiro atoms. The largest absolute Gasteiger partial charge is 0.352 e. The highest BCUT2D eigenvalue weighted by molar-refractivity contribution is 14.1. The molecule has 2 radical (unpaired) electrons. The van der Waals surface area contributed by atoms with Gasteiger partial charge in [-0.05, 0) is 44.2 Å². The van der Waals surface area contributed by atoms with Gasteiger partial charge in [-0.3, -0.25) is 0 Å². The van der Waals surface area contributed by atoms with E-state index in [0.717, 1.165) is 17.0 Å². The molecule has 0 amide bonds. The lowest BCUT2D eigenvalue weighted by molar-refractivity contribution is 0.0345. The van der Waals surface area contributed by atoms with Crippen molar-refractivity contribution in [2.45, 2.75) is 29.6 Å². The van der Waals surface area contributed by atoms with Gasteiger partial charge < -0.3 is 4.81 Å². The van der Waals surface area contributed by atoms with Crippen molar-refractivity contribution in [3.63, 3.8) is 0 Å². The van der Waals surface area contributed by atoms with Crippen LogP contribution >= 0.6 is 22.6 Å². The van der Waals surface area contributed by atoms with Crippen LogP contribution in [-0.4, -0.2) is 29.8 Å². The SMILES string of the molecule is [B]N1CC2(CCC(I)CC2)C1. The second-order valence-corrected chi connectivity index (χ2v) is 5.84. The van der Waals surface area contributed by atoms with Crippen molar-refractivity contribution in [3.05, 3.63) is 0 Å². The monoisotopic (exact) mass is 261 g/mol. The Morgan fingerprint density at radius 2 is 1.82 bits per heavy atom.